The second-order valence-electron chi connectivity index (χ2n) is 6.17. The van der Waals surface area contributed by atoms with Crippen LogP contribution in [0.15, 0.2) is 24.3 Å². The molecule has 3 nitrogen and oxygen atoms in total. The van der Waals surface area contributed by atoms with Gasteiger partial charge in [-0.2, -0.15) is 0 Å². The maximum Gasteiger partial charge on any atom is 0.0606 e. The predicted octanol–water partition coefficient (Wildman–Crippen LogP) is 3.35. The molecule has 1 fully saturated rings. The fourth-order valence-electron chi connectivity index (χ4n) is 2.92. The van der Waals surface area contributed by atoms with Crippen molar-refractivity contribution in [2.45, 2.75) is 39.7 Å². The zero-order valence-electron chi connectivity index (χ0n) is 13.0. The van der Waals surface area contributed by atoms with E-state index in [1.54, 1.807) is 0 Å². The first kappa shape index (κ1) is 15.2. The SMILES string of the molecule is CCN(CCO)c1ccc(NC2CC(C(C)C)C2)cc1. The number of rotatable bonds is 7. The van der Waals surface area contributed by atoms with Crippen LogP contribution in [0.25, 0.3) is 0 Å². The van der Waals surface area contributed by atoms with Gasteiger partial charge in [0.1, 0.15) is 0 Å². The van der Waals surface area contributed by atoms with E-state index in [1.165, 1.54) is 24.2 Å². The van der Waals surface area contributed by atoms with Gasteiger partial charge in [0, 0.05) is 30.5 Å². The lowest BCUT2D eigenvalue weighted by atomic mass is 9.73. The Bertz CT molecular complexity index is 396. The third-order valence-electron chi connectivity index (χ3n) is 4.47. The number of nitrogens with one attached hydrogen (secondary N) is 1. The summed E-state index contributed by atoms with van der Waals surface area (Å²) in [4.78, 5) is 2.18. The van der Waals surface area contributed by atoms with Crippen LogP contribution in [0.1, 0.15) is 33.6 Å². The molecular formula is C17H28N2O. The quantitative estimate of drug-likeness (QED) is 0.801. The van der Waals surface area contributed by atoms with Crippen LogP contribution >= 0.6 is 0 Å². The molecule has 0 amide bonds. The Hall–Kier alpha value is -1.22. The Morgan fingerprint density at radius 1 is 1.25 bits per heavy atom. The Labute approximate surface area is 123 Å². The summed E-state index contributed by atoms with van der Waals surface area (Å²) in [5, 5.41) is 12.7. The molecule has 20 heavy (non-hydrogen) atoms. The second-order valence-corrected chi connectivity index (χ2v) is 6.17. The molecule has 2 rings (SSSR count). The van der Waals surface area contributed by atoms with Crippen molar-refractivity contribution in [1.29, 1.82) is 0 Å². The topological polar surface area (TPSA) is 35.5 Å². The lowest BCUT2D eigenvalue weighted by molar-refractivity contribution is 0.212. The average Bonchev–Trinajstić information content (AvgIpc) is 2.40. The fourth-order valence-corrected chi connectivity index (χ4v) is 2.92. The molecule has 112 valence electrons. The van der Waals surface area contributed by atoms with Gasteiger partial charge in [-0.15, -0.1) is 0 Å². The van der Waals surface area contributed by atoms with Crippen LogP contribution in [-0.2, 0) is 0 Å². The minimum absolute atomic E-state index is 0.201. The molecule has 0 aromatic heterocycles. The van der Waals surface area contributed by atoms with E-state index >= 15 is 0 Å². The van der Waals surface area contributed by atoms with E-state index in [0.717, 1.165) is 18.4 Å². The third kappa shape index (κ3) is 3.66. The van der Waals surface area contributed by atoms with Gasteiger partial charge in [-0.25, -0.2) is 0 Å². The van der Waals surface area contributed by atoms with Gasteiger partial charge in [0.05, 0.1) is 6.61 Å². The largest absolute Gasteiger partial charge is 0.395 e. The summed E-state index contributed by atoms with van der Waals surface area (Å²) >= 11 is 0. The molecule has 0 heterocycles. The number of hydrogen-bond donors (Lipinski definition) is 2. The van der Waals surface area contributed by atoms with Crippen molar-refractivity contribution in [3.05, 3.63) is 24.3 Å². The lowest BCUT2D eigenvalue weighted by Crippen LogP contribution is -2.37. The number of anilines is 2. The van der Waals surface area contributed by atoms with E-state index in [-0.39, 0.29) is 6.61 Å². The van der Waals surface area contributed by atoms with Crippen molar-refractivity contribution in [2.24, 2.45) is 11.8 Å². The Morgan fingerprint density at radius 2 is 1.90 bits per heavy atom. The number of nitrogens with zero attached hydrogens (tertiary/aromatic N) is 1. The zero-order valence-corrected chi connectivity index (χ0v) is 13.0. The summed E-state index contributed by atoms with van der Waals surface area (Å²) in [6, 6.07) is 9.23. The van der Waals surface area contributed by atoms with Gasteiger partial charge in [-0.3, -0.25) is 0 Å². The van der Waals surface area contributed by atoms with E-state index < -0.39 is 0 Å². The van der Waals surface area contributed by atoms with Crippen LogP contribution in [0.2, 0.25) is 0 Å². The molecule has 1 aromatic carbocycles. The summed E-state index contributed by atoms with van der Waals surface area (Å²) < 4.78 is 0. The molecule has 0 spiro atoms. The maximum atomic E-state index is 9.06. The fraction of sp³-hybridized carbons (Fsp3) is 0.647. The summed E-state index contributed by atoms with van der Waals surface area (Å²) in [6.45, 7) is 8.56. The highest BCUT2D eigenvalue weighted by atomic mass is 16.3. The first-order valence-corrected chi connectivity index (χ1v) is 7.86. The van der Waals surface area contributed by atoms with Crippen molar-refractivity contribution in [3.8, 4) is 0 Å². The normalized spacial score (nSPS) is 21.6. The van der Waals surface area contributed by atoms with Crippen molar-refractivity contribution in [2.75, 3.05) is 29.9 Å². The number of aliphatic hydroxyl groups is 1. The summed E-state index contributed by atoms with van der Waals surface area (Å²) in [6.07, 6.45) is 2.59. The molecule has 2 N–H and O–H groups in total. The predicted molar refractivity (Wildman–Crippen MR) is 86.4 cm³/mol. The Morgan fingerprint density at radius 3 is 2.40 bits per heavy atom. The molecule has 0 bridgehead atoms. The zero-order chi connectivity index (χ0) is 14.5. The third-order valence-corrected chi connectivity index (χ3v) is 4.47. The number of benzene rings is 1. The molecule has 0 aliphatic heterocycles. The average molecular weight is 276 g/mol. The highest BCUT2D eigenvalue weighted by molar-refractivity contribution is 5.55. The van der Waals surface area contributed by atoms with E-state index in [0.29, 0.717) is 12.6 Å². The van der Waals surface area contributed by atoms with E-state index in [9.17, 15) is 0 Å². The van der Waals surface area contributed by atoms with Crippen LogP contribution in [0.5, 0.6) is 0 Å². The standard InChI is InChI=1S/C17H28N2O/c1-4-19(9-10-20)17-7-5-15(6-8-17)18-16-11-14(12-16)13(2)3/h5-8,13-14,16,18,20H,4,9-12H2,1-3H3. The maximum absolute atomic E-state index is 9.06. The van der Waals surface area contributed by atoms with Crippen molar-refractivity contribution < 1.29 is 5.11 Å². The summed E-state index contributed by atoms with van der Waals surface area (Å²) in [7, 11) is 0. The minimum Gasteiger partial charge on any atom is -0.395 e. The highest BCUT2D eigenvalue weighted by Crippen LogP contribution is 2.35. The van der Waals surface area contributed by atoms with Gasteiger partial charge in [-0.05, 0) is 55.9 Å². The van der Waals surface area contributed by atoms with Gasteiger partial charge < -0.3 is 15.3 Å². The van der Waals surface area contributed by atoms with Crippen LogP contribution in [0, 0.1) is 11.8 Å². The first-order chi connectivity index (χ1) is 9.63. The van der Waals surface area contributed by atoms with Crippen molar-refractivity contribution >= 4 is 11.4 Å². The van der Waals surface area contributed by atoms with E-state index in [1.807, 2.05) is 0 Å². The van der Waals surface area contributed by atoms with E-state index in [4.69, 9.17) is 5.11 Å². The Kier molecular flexibility index (Phi) is 5.30. The van der Waals surface area contributed by atoms with Gasteiger partial charge in [0.2, 0.25) is 0 Å². The number of likely N-dealkylation sites (N-methyl/N-ethyl adjacent to an activating group) is 1. The molecule has 1 saturated carbocycles. The monoisotopic (exact) mass is 276 g/mol. The molecule has 0 radical (unpaired) electrons. The van der Waals surface area contributed by atoms with Crippen molar-refractivity contribution in [1.82, 2.24) is 0 Å². The molecule has 1 aliphatic rings. The van der Waals surface area contributed by atoms with Gasteiger partial charge in [0.25, 0.3) is 0 Å². The van der Waals surface area contributed by atoms with Gasteiger partial charge >= 0.3 is 0 Å². The van der Waals surface area contributed by atoms with Crippen LogP contribution < -0.4 is 10.2 Å². The molecular weight excluding hydrogens is 248 g/mol. The van der Waals surface area contributed by atoms with Crippen LogP contribution in [0.4, 0.5) is 11.4 Å². The minimum atomic E-state index is 0.201. The highest BCUT2D eigenvalue weighted by Gasteiger charge is 2.30. The molecule has 0 unspecified atom stereocenters. The molecule has 1 aromatic rings. The molecule has 0 atom stereocenters. The molecule has 0 saturated heterocycles. The van der Waals surface area contributed by atoms with Crippen LogP contribution in [-0.4, -0.2) is 30.8 Å². The van der Waals surface area contributed by atoms with Crippen LogP contribution in [0.3, 0.4) is 0 Å². The lowest BCUT2D eigenvalue weighted by Gasteiger charge is -2.39. The van der Waals surface area contributed by atoms with Crippen molar-refractivity contribution in [3.63, 3.8) is 0 Å². The number of hydrogen-bond acceptors (Lipinski definition) is 3. The second kappa shape index (κ2) is 6.98. The molecule has 3 heteroatoms. The first-order valence-electron chi connectivity index (χ1n) is 7.86. The Balaban J connectivity index is 1.86. The number of aliphatic hydroxyl groups excluding tert-OH is 1. The van der Waals surface area contributed by atoms with Gasteiger partial charge in [0.15, 0.2) is 0 Å². The molecule has 1 aliphatic carbocycles. The summed E-state index contributed by atoms with van der Waals surface area (Å²) in [5.74, 6) is 1.71. The van der Waals surface area contributed by atoms with E-state index in [2.05, 4.69) is 55.3 Å². The van der Waals surface area contributed by atoms with Gasteiger partial charge in [-0.1, -0.05) is 13.8 Å². The smallest absolute Gasteiger partial charge is 0.0606 e. The summed E-state index contributed by atoms with van der Waals surface area (Å²) in [5.41, 5.74) is 2.39.